The molecule has 0 heterocycles. The summed E-state index contributed by atoms with van der Waals surface area (Å²) in [5.74, 6) is -0.526. The lowest BCUT2D eigenvalue weighted by Gasteiger charge is -2.01. The first-order valence-corrected chi connectivity index (χ1v) is 3.72. The Morgan fingerprint density at radius 1 is 1.58 bits per heavy atom. The lowest BCUT2D eigenvalue weighted by molar-refractivity contribution is 0.1000. The van der Waals surface area contributed by atoms with E-state index in [-0.39, 0.29) is 6.61 Å². The molecule has 0 aliphatic carbocycles. The van der Waals surface area contributed by atoms with Crippen LogP contribution >= 0.6 is 11.6 Å². The van der Waals surface area contributed by atoms with Crippen LogP contribution in [0.3, 0.4) is 0 Å². The smallest absolute Gasteiger partial charge is 0.248 e. The zero-order chi connectivity index (χ0) is 9.14. The summed E-state index contributed by atoms with van der Waals surface area (Å²) in [5.41, 5.74) is 5.94. The van der Waals surface area contributed by atoms with Gasteiger partial charge in [-0.2, -0.15) is 0 Å². The normalized spacial score (nSPS) is 9.83. The van der Waals surface area contributed by atoms with Gasteiger partial charge in [0.2, 0.25) is 5.91 Å². The quantitative estimate of drug-likeness (QED) is 0.720. The first-order valence-electron chi connectivity index (χ1n) is 3.34. The molecule has 0 aliphatic rings. The predicted molar refractivity (Wildman–Crippen MR) is 45.9 cm³/mol. The fraction of sp³-hybridized carbons (Fsp3) is 0.125. The zero-order valence-electron chi connectivity index (χ0n) is 6.25. The second-order valence-electron chi connectivity index (χ2n) is 2.33. The number of primary amides is 1. The van der Waals surface area contributed by atoms with Gasteiger partial charge in [-0.1, -0.05) is 17.7 Å². The number of rotatable bonds is 2. The van der Waals surface area contributed by atoms with Crippen molar-refractivity contribution < 1.29 is 9.90 Å². The molecule has 0 atom stereocenters. The van der Waals surface area contributed by atoms with Crippen LogP contribution in [-0.2, 0) is 6.61 Å². The molecule has 1 amide bonds. The molecule has 0 aromatic heterocycles. The van der Waals surface area contributed by atoms with E-state index in [0.717, 1.165) is 0 Å². The number of carbonyl (C=O) groups excluding carboxylic acids is 1. The summed E-state index contributed by atoms with van der Waals surface area (Å²) in [7, 11) is 0. The number of benzene rings is 1. The molecule has 0 unspecified atom stereocenters. The van der Waals surface area contributed by atoms with Crippen molar-refractivity contribution in [3.63, 3.8) is 0 Å². The molecule has 0 bridgehead atoms. The van der Waals surface area contributed by atoms with E-state index >= 15 is 0 Å². The maximum Gasteiger partial charge on any atom is 0.248 e. The monoisotopic (exact) mass is 185 g/mol. The minimum atomic E-state index is -0.526. The van der Waals surface area contributed by atoms with E-state index in [2.05, 4.69) is 0 Å². The molecule has 1 rings (SSSR count). The molecule has 0 aliphatic heterocycles. The maximum absolute atomic E-state index is 10.7. The molecular weight excluding hydrogens is 178 g/mol. The number of amides is 1. The number of nitrogens with two attached hydrogens (primary N) is 1. The third kappa shape index (κ3) is 1.75. The van der Waals surface area contributed by atoms with Crippen molar-refractivity contribution in [2.75, 3.05) is 0 Å². The van der Waals surface area contributed by atoms with Crippen molar-refractivity contribution in [2.45, 2.75) is 6.61 Å². The Balaban J connectivity index is 3.10. The van der Waals surface area contributed by atoms with Gasteiger partial charge >= 0.3 is 0 Å². The third-order valence-electron chi connectivity index (χ3n) is 1.51. The van der Waals surface area contributed by atoms with Crippen LogP contribution in [0.2, 0.25) is 5.02 Å². The summed E-state index contributed by atoms with van der Waals surface area (Å²) in [5, 5.41) is 9.10. The van der Waals surface area contributed by atoms with Gasteiger partial charge in [-0.05, 0) is 17.7 Å². The second kappa shape index (κ2) is 3.56. The van der Waals surface area contributed by atoms with E-state index in [0.29, 0.717) is 16.1 Å². The number of aliphatic hydroxyl groups excluding tert-OH is 1. The van der Waals surface area contributed by atoms with Gasteiger partial charge in [0, 0.05) is 10.6 Å². The van der Waals surface area contributed by atoms with E-state index < -0.39 is 5.91 Å². The van der Waals surface area contributed by atoms with Gasteiger partial charge in [0.1, 0.15) is 0 Å². The van der Waals surface area contributed by atoms with Crippen molar-refractivity contribution in [1.29, 1.82) is 0 Å². The molecule has 1 aromatic carbocycles. The molecule has 64 valence electrons. The summed E-state index contributed by atoms with van der Waals surface area (Å²) in [4.78, 5) is 10.7. The van der Waals surface area contributed by atoms with E-state index in [4.69, 9.17) is 22.4 Å². The first-order chi connectivity index (χ1) is 5.65. The summed E-state index contributed by atoms with van der Waals surface area (Å²) >= 11 is 5.71. The SMILES string of the molecule is NC(=O)c1ccc(CO)c(Cl)c1. The molecule has 4 heteroatoms. The lowest BCUT2D eigenvalue weighted by atomic mass is 10.1. The van der Waals surface area contributed by atoms with Gasteiger partial charge in [0.05, 0.1) is 6.61 Å². The molecule has 0 saturated heterocycles. The summed E-state index contributed by atoms with van der Waals surface area (Å²) in [6.45, 7) is -0.141. The van der Waals surface area contributed by atoms with Crippen LogP contribution in [0.15, 0.2) is 18.2 Å². The van der Waals surface area contributed by atoms with Crippen LogP contribution in [0.1, 0.15) is 15.9 Å². The molecule has 0 fully saturated rings. The van der Waals surface area contributed by atoms with Crippen molar-refractivity contribution in [1.82, 2.24) is 0 Å². The van der Waals surface area contributed by atoms with Crippen LogP contribution in [0.5, 0.6) is 0 Å². The van der Waals surface area contributed by atoms with Crippen LogP contribution in [0.4, 0.5) is 0 Å². The Bertz CT molecular complexity index is 312. The van der Waals surface area contributed by atoms with Crippen molar-refractivity contribution in [2.24, 2.45) is 5.73 Å². The first kappa shape index (κ1) is 9.03. The largest absolute Gasteiger partial charge is 0.392 e. The number of hydrogen-bond donors (Lipinski definition) is 2. The van der Waals surface area contributed by atoms with E-state index in [1.807, 2.05) is 0 Å². The van der Waals surface area contributed by atoms with Crippen LogP contribution < -0.4 is 5.73 Å². The standard InChI is InChI=1S/C8H8ClNO2/c9-7-3-5(8(10)12)1-2-6(7)4-11/h1-3,11H,4H2,(H2,10,12). The highest BCUT2D eigenvalue weighted by Gasteiger charge is 2.03. The van der Waals surface area contributed by atoms with Crippen LogP contribution in [0.25, 0.3) is 0 Å². The average molecular weight is 186 g/mol. The minimum Gasteiger partial charge on any atom is -0.392 e. The predicted octanol–water partition coefficient (Wildman–Crippen LogP) is 0.931. The summed E-state index contributed by atoms with van der Waals surface area (Å²) < 4.78 is 0. The Kier molecular flexibility index (Phi) is 2.68. The van der Waals surface area contributed by atoms with Crippen LogP contribution in [0, 0.1) is 0 Å². The highest BCUT2D eigenvalue weighted by Crippen LogP contribution is 2.17. The Morgan fingerprint density at radius 2 is 2.25 bits per heavy atom. The van der Waals surface area contributed by atoms with Crippen molar-refractivity contribution in [3.8, 4) is 0 Å². The fourth-order valence-corrected chi connectivity index (χ4v) is 1.07. The lowest BCUT2D eigenvalue weighted by Crippen LogP contribution is -2.10. The van der Waals surface area contributed by atoms with E-state index in [1.165, 1.54) is 12.1 Å². The number of halogens is 1. The Morgan fingerprint density at radius 3 is 2.67 bits per heavy atom. The van der Waals surface area contributed by atoms with Gasteiger partial charge in [-0.15, -0.1) is 0 Å². The molecule has 0 saturated carbocycles. The molecular formula is C8H8ClNO2. The molecule has 1 aromatic rings. The van der Waals surface area contributed by atoms with Crippen LogP contribution in [-0.4, -0.2) is 11.0 Å². The molecule has 0 spiro atoms. The fourth-order valence-electron chi connectivity index (χ4n) is 0.829. The van der Waals surface area contributed by atoms with E-state index in [9.17, 15) is 4.79 Å². The van der Waals surface area contributed by atoms with Crippen molar-refractivity contribution >= 4 is 17.5 Å². The Hall–Kier alpha value is -1.06. The molecule has 0 radical (unpaired) electrons. The second-order valence-corrected chi connectivity index (χ2v) is 2.74. The molecule has 12 heavy (non-hydrogen) atoms. The highest BCUT2D eigenvalue weighted by molar-refractivity contribution is 6.31. The number of carbonyl (C=O) groups is 1. The number of aliphatic hydroxyl groups is 1. The average Bonchev–Trinajstić information content (AvgIpc) is 2.04. The topological polar surface area (TPSA) is 63.3 Å². The maximum atomic E-state index is 10.7. The molecule has 3 nitrogen and oxygen atoms in total. The van der Waals surface area contributed by atoms with Gasteiger partial charge < -0.3 is 10.8 Å². The third-order valence-corrected chi connectivity index (χ3v) is 1.86. The van der Waals surface area contributed by atoms with Gasteiger partial charge in [-0.3, -0.25) is 4.79 Å². The van der Waals surface area contributed by atoms with Gasteiger partial charge in [0.25, 0.3) is 0 Å². The Labute approximate surface area is 74.8 Å². The van der Waals surface area contributed by atoms with E-state index in [1.54, 1.807) is 6.07 Å². The zero-order valence-corrected chi connectivity index (χ0v) is 7.01. The van der Waals surface area contributed by atoms with Crippen molar-refractivity contribution in [3.05, 3.63) is 34.3 Å². The van der Waals surface area contributed by atoms with Gasteiger partial charge in [-0.25, -0.2) is 0 Å². The summed E-state index contributed by atoms with van der Waals surface area (Å²) in [6, 6.07) is 4.54. The highest BCUT2D eigenvalue weighted by atomic mass is 35.5. The minimum absolute atomic E-state index is 0.141. The number of hydrogen-bond acceptors (Lipinski definition) is 2. The molecule has 3 N–H and O–H groups in total. The van der Waals surface area contributed by atoms with Gasteiger partial charge in [0.15, 0.2) is 0 Å². The summed E-state index contributed by atoms with van der Waals surface area (Å²) in [6.07, 6.45) is 0.